The second-order valence-corrected chi connectivity index (χ2v) is 5.22. The van der Waals surface area contributed by atoms with E-state index in [1.807, 2.05) is 0 Å². The summed E-state index contributed by atoms with van der Waals surface area (Å²) in [4.78, 5) is 18.2. The quantitative estimate of drug-likeness (QED) is 0.820. The van der Waals surface area contributed by atoms with Crippen molar-refractivity contribution in [2.24, 2.45) is 0 Å². The molecule has 2 rings (SSSR count). The Hall–Kier alpha value is -1.62. The average Bonchev–Trinajstić information content (AvgIpc) is 2.36. The number of carbonyl (C=O) groups is 1. The molecule has 104 valence electrons. The van der Waals surface area contributed by atoms with Crippen LogP contribution >= 0.6 is 0 Å². The summed E-state index contributed by atoms with van der Waals surface area (Å²) in [6.07, 6.45) is 5.28. The number of ether oxygens (including phenoxy) is 1. The molecule has 5 heteroatoms. The van der Waals surface area contributed by atoms with Crippen molar-refractivity contribution in [2.45, 2.75) is 24.8 Å². The molecule has 0 amide bonds. The van der Waals surface area contributed by atoms with E-state index in [0.29, 0.717) is 11.4 Å². The van der Waals surface area contributed by atoms with Crippen molar-refractivity contribution in [1.29, 1.82) is 0 Å². The van der Waals surface area contributed by atoms with Crippen molar-refractivity contribution in [3.8, 4) is 0 Å². The Labute approximate surface area is 114 Å². The zero-order chi connectivity index (χ0) is 13.9. The van der Waals surface area contributed by atoms with Crippen LogP contribution in [0, 0.1) is 0 Å². The molecule has 0 aromatic carbocycles. The summed E-state index contributed by atoms with van der Waals surface area (Å²) in [5.41, 5.74) is 0.670. The number of pyridine rings is 1. The lowest BCUT2D eigenvalue weighted by molar-refractivity contribution is 0.0600. The number of carbonyl (C=O) groups excluding carboxylic acids is 1. The fourth-order valence-corrected chi connectivity index (χ4v) is 2.44. The average molecular weight is 263 g/mol. The van der Waals surface area contributed by atoms with Crippen molar-refractivity contribution in [3.63, 3.8) is 0 Å². The summed E-state index contributed by atoms with van der Waals surface area (Å²) in [6.45, 7) is 0.793. The standard InChI is InChI=1S/C14H21N3O2/c1-17(2)14(7-5-8-14)10-16-12-11(13(18)19-3)6-4-9-15-12/h4,6,9H,5,7-8,10H2,1-3H3,(H,15,16). The molecule has 1 heterocycles. The first-order valence-corrected chi connectivity index (χ1v) is 6.54. The fourth-order valence-electron chi connectivity index (χ4n) is 2.44. The Morgan fingerprint density at radius 2 is 2.26 bits per heavy atom. The van der Waals surface area contributed by atoms with Crippen LogP contribution in [0.2, 0.25) is 0 Å². The van der Waals surface area contributed by atoms with Crippen molar-refractivity contribution in [2.75, 3.05) is 33.1 Å². The van der Waals surface area contributed by atoms with Gasteiger partial charge >= 0.3 is 5.97 Å². The van der Waals surface area contributed by atoms with Gasteiger partial charge in [0.15, 0.2) is 0 Å². The Balaban J connectivity index is 2.09. The Bertz CT molecular complexity index is 456. The van der Waals surface area contributed by atoms with Gasteiger partial charge in [-0.05, 0) is 45.5 Å². The first-order chi connectivity index (χ1) is 9.09. The van der Waals surface area contributed by atoms with E-state index in [4.69, 9.17) is 4.74 Å². The van der Waals surface area contributed by atoms with Crippen LogP contribution in [0.1, 0.15) is 29.6 Å². The van der Waals surface area contributed by atoms with E-state index >= 15 is 0 Å². The number of nitrogens with zero attached hydrogens (tertiary/aromatic N) is 2. The number of nitrogens with one attached hydrogen (secondary N) is 1. The number of likely N-dealkylation sites (N-methyl/N-ethyl adjacent to an activating group) is 1. The van der Waals surface area contributed by atoms with Gasteiger partial charge in [0, 0.05) is 18.3 Å². The van der Waals surface area contributed by atoms with Gasteiger partial charge in [0.05, 0.1) is 7.11 Å². The molecule has 0 bridgehead atoms. The largest absolute Gasteiger partial charge is 0.465 e. The second-order valence-electron chi connectivity index (χ2n) is 5.22. The molecule has 0 aliphatic heterocycles. The Morgan fingerprint density at radius 1 is 1.53 bits per heavy atom. The highest BCUT2D eigenvalue weighted by atomic mass is 16.5. The van der Waals surface area contributed by atoms with E-state index in [0.717, 1.165) is 6.54 Å². The predicted octanol–water partition coefficient (Wildman–Crippen LogP) is 1.76. The van der Waals surface area contributed by atoms with Crippen molar-refractivity contribution < 1.29 is 9.53 Å². The summed E-state index contributed by atoms with van der Waals surface area (Å²) >= 11 is 0. The molecule has 0 radical (unpaired) electrons. The second kappa shape index (κ2) is 5.57. The van der Waals surface area contributed by atoms with Gasteiger partial charge in [0.2, 0.25) is 0 Å². The lowest BCUT2D eigenvalue weighted by Crippen LogP contribution is -2.54. The van der Waals surface area contributed by atoms with Gasteiger partial charge in [-0.1, -0.05) is 0 Å². The van der Waals surface area contributed by atoms with Crippen LogP contribution in [0.5, 0.6) is 0 Å². The SMILES string of the molecule is COC(=O)c1cccnc1NCC1(N(C)C)CCC1. The maximum absolute atomic E-state index is 11.7. The molecule has 1 saturated carbocycles. The molecule has 19 heavy (non-hydrogen) atoms. The molecule has 1 aromatic heterocycles. The molecule has 1 aliphatic carbocycles. The van der Waals surface area contributed by atoms with Crippen LogP contribution in [0.15, 0.2) is 18.3 Å². The van der Waals surface area contributed by atoms with E-state index in [-0.39, 0.29) is 11.5 Å². The number of hydrogen-bond acceptors (Lipinski definition) is 5. The molecule has 0 unspecified atom stereocenters. The molecule has 1 aromatic rings. The minimum Gasteiger partial charge on any atom is -0.465 e. The summed E-state index contributed by atoms with van der Waals surface area (Å²) < 4.78 is 4.77. The fraction of sp³-hybridized carbons (Fsp3) is 0.571. The molecule has 0 spiro atoms. The van der Waals surface area contributed by atoms with Gasteiger partial charge < -0.3 is 15.0 Å². The Kier molecular flexibility index (Phi) is 4.04. The maximum Gasteiger partial charge on any atom is 0.341 e. The number of anilines is 1. The van der Waals surface area contributed by atoms with E-state index < -0.39 is 0 Å². The smallest absolute Gasteiger partial charge is 0.341 e. The van der Waals surface area contributed by atoms with Crippen LogP contribution in [0.25, 0.3) is 0 Å². The van der Waals surface area contributed by atoms with Gasteiger partial charge in [-0.15, -0.1) is 0 Å². The van der Waals surface area contributed by atoms with Crippen molar-refractivity contribution in [1.82, 2.24) is 9.88 Å². The number of hydrogen-bond donors (Lipinski definition) is 1. The summed E-state index contributed by atoms with van der Waals surface area (Å²) in [7, 11) is 5.58. The maximum atomic E-state index is 11.7. The lowest BCUT2D eigenvalue weighted by Gasteiger charge is -2.47. The predicted molar refractivity (Wildman–Crippen MR) is 74.3 cm³/mol. The number of rotatable bonds is 5. The summed E-state index contributed by atoms with van der Waals surface area (Å²) in [5, 5.41) is 3.30. The van der Waals surface area contributed by atoms with Crippen LogP contribution in [0.3, 0.4) is 0 Å². The minimum atomic E-state index is -0.358. The molecule has 1 fully saturated rings. The third kappa shape index (κ3) is 2.71. The van der Waals surface area contributed by atoms with E-state index in [1.54, 1.807) is 18.3 Å². The van der Waals surface area contributed by atoms with Crippen molar-refractivity contribution >= 4 is 11.8 Å². The monoisotopic (exact) mass is 263 g/mol. The van der Waals surface area contributed by atoms with Crippen LogP contribution in [0.4, 0.5) is 5.82 Å². The first-order valence-electron chi connectivity index (χ1n) is 6.54. The third-order valence-electron chi connectivity index (χ3n) is 4.03. The number of aromatic nitrogens is 1. The van der Waals surface area contributed by atoms with Gasteiger partial charge in [0.25, 0.3) is 0 Å². The number of esters is 1. The van der Waals surface area contributed by atoms with E-state index in [9.17, 15) is 4.79 Å². The first kappa shape index (κ1) is 13.8. The highest BCUT2D eigenvalue weighted by Crippen LogP contribution is 2.36. The zero-order valence-electron chi connectivity index (χ0n) is 11.8. The van der Waals surface area contributed by atoms with Gasteiger partial charge in [0.1, 0.15) is 11.4 Å². The molecule has 1 N–H and O–H groups in total. The zero-order valence-corrected chi connectivity index (χ0v) is 11.8. The molecule has 1 aliphatic rings. The van der Waals surface area contributed by atoms with Gasteiger partial charge in [-0.25, -0.2) is 9.78 Å². The normalized spacial score (nSPS) is 16.8. The van der Waals surface area contributed by atoms with E-state index in [1.165, 1.54) is 26.4 Å². The topological polar surface area (TPSA) is 54.5 Å². The molecular formula is C14H21N3O2. The van der Waals surface area contributed by atoms with Crippen LogP contribution in [-0.2, 0) is 4.74 Å². The summed E-state index contributed by atoms with van der Waals surface area (Å²) in [6, 6.07) is 3.47. The molecule has 0 saturated heterocycles. The van der Waals surface area contributed by atoms with Gasteiger partial charge in [-0.3, -0.25) is 0 Å². The van der Waals surface area contributed by atoms with Crippen LogP contribution in [-0.4, -0.2) is 49.1 Å². The lowest BCUT2D eigenvalue weighted by atomic mass is 9.75. The highest BCUT2D eigenvalue weighted by Gasteiger charge is 2.39. The highest BCUT2D eigenvalue weighted by molar-refractivity contribution is 5.94. The Morgan fingerprint density at radius 3 is 2.79 bits per heavy atom. The van der Waals surface area contributed by atoms with E-state index in [2.05, 4.69) is 29.3 Å². The molecule has 5 nitrogen and oxygen atoms in total. The minimum absolute atomic E-state index is 0.185. The summed E-state index contributed by atoms with van der Waals surface area (Å²) in [5.74, 6) is 0.241. The molecular weight excluding hydrogens is 242 g/mol. The number of methoxy groups -OCH3 is 1. The van der Waals surface area contributed by atoms with Crippen LogP contribution < -0.4 is 5.32 Å². The van der Waals surface area contributed by atoms with Gasteiger partial charge in [-0.2, -0.15) is 0 Å². The van der Waals surface area contributed by atoms with Crippen molar-refractivity contribution in [3.05, 3.63) is 23.9 Å². The molecule has 0 atom stereocenters. The third-order valence-corrected chi connectivity index (χ3v) is 4.03.